The predicted octanol–water partition coefficient (Wildman–Crippen LogP) is 1.08. The first kappa shape index (κ1) is 18.1. The molecule has 3 atom stereocenters. The molecule has 3 rings (SSSR count). The van der Waals surface area contributed by atoms with Crippen LogP contribution in [0.5, 0.6) is 0 Å². The molecule has 2 aliphatic heterocycles. The second-order valence-electron chi connectivity index (χ2n) is 7.69. The van der Waals surface area contributed by atoms with Crippen LogP contribution < -0.4 is 10.2 Å². The standard InChI is InChI=1S/C18H29N5O2/c1-11(2)16-9-23-8-13(6-14(23)10-25-16)21-17(24)15-7-19-18(22(4)5)20-12(15)3/h7,11,13-14,16H,6,8-10H2,1-5H3,(H,21,24)/t13-,14-,16-/m0/s1. The number of nitrogens with one attached hydrogen (secondary N) is 1. The number of hydrogen-bond acceptors (Lipinski definition) is 6. The number of rotatable bonds is 4. The van der Waals surface area contributed by atoms with Gasteiger partial charge in [-0.3, -0.25) is 9.69 Å². The lowest BCUT2D eigenvalue weighted by atomic mass is 10.0. The molecular formula is C18H29N5O2. The number of fused-ring (bicyclic) bond motifs is 1. The molecule has 1 N–H and O–H groups in total. The van der Waals surface area contributed by atoms with E-state index in [0.717, 1.165) is 26.1 Å². The number of amides is 1. The van der Waals surface area contributed by atoms with Crippen LogP contribution in [0.2, 0.25) is 0 Å². The molecule has 1 amide bonds. The number of nitrogens with zero attached hydrogens (tertiary/aromatic N) is 4. The van der Waals surface area contributed by atoms with Crippen molar-refractivity contribution in [3.05, 3.63) is 17.5 Å². The maximum atomic E-state index is 12.6. The van der Waals surface area contributed by atoms with E-state index in [1.54, 1.807) is 6.20 Å². The Morgan fingerprint density at radius 2 is 2.16 bits per heavy atom. The molecule has 25 heavy (non-hydrogen) atoms. The Morgan fingerprint density at radius 1 is 1.40 bits per heavy atom. The Morgan fingerprint density at radius 3 is 2.80 bits per heavy atom. The van der Waals surface area contributed by atoms with Crippen molar-refractivity contribution in [3.8, 4) is 0 Å². The lowest BCUT2D eigenvalue weighted by Crippen LogP contribution is -2.48. The summed E-state index contributed by atoms with van der Waals surface area (Å²) in [6, 6.07) is 0.564. The van der Waals surface area contributed by atoms with Gasteiger partial charge in [-0.15, -0.1) is 0 Å². The molecule has 2 saturated heterocycles. The van der Waals surface area contributed by atoms with Gasteiger partial charge in [0, 0.05) is 45.5 Å². The number of anilines is 1. The Hall–Kier alpha value is -1.73. The molecule has 0 unspecified atom stereocenters. The topological polar surface area (TPSA) is 70.6 Å². The summed E-state index contributed by atoms with van der Waals surface area (Å²) in [5, 5.41) is 3.16. The minimum absolute atomic E-state index is 0.0889. The van der Waals surface area contributed by atoms with Gasteiger partial charge in [-0.05, 0) is 19.3 Å². The van der Waals surface area contributed by atoms with Crippen LogP contribution in [0.25, 0.3) is 0 Å². The van der Waals surface area contributed by atoms with E-state index in [1.807, 2.05) is 25.9 Å². The monoisotopic (exact) mass is 347 g/mol. The molecule has 1 aromatic rings. The zero-order valence-corrected chi connectivity index (χ0v) is 15.8. The molecule has 0 aromatic carbocycles. The normalized spacial score (nSPS) is 26.6. The van der Waals surface area contributed by atoms with Crippen molar-refractivity contribution in [1.82, 2.24) is 20.2 Å². The minimum Gasteiger partial charge on any atom is -0.375 e. The van der Waals surface area contributed by atoms with Gasteiger partial charge in [0.1, 0.15) is 0 Å². The smallest absolute Gasteiger partial charge is 0.254 e. The van der Waals surface area contributed by atoms with Gasteiger partial charge >= 0.3 is 0 Å². The van der Waals surface area contributed by atoms with Crippen LogP contribution >= 0.6 is 0 Å². The number of morpholine rings is 1. The fraction of sp³-hybridized carbons (Fsp3) is 0.722. The van der Waals surface area contributed by atoms with E-state index in [1.165, 1.54) is 0 Å². The summed E-state index contributed by atoms with van der Waals surface area (Å²) in [5.41, 5.74) is 1.25. The van der Waals surface area contributed by atoms with Crippen molar-refractivity contribution in [2.45, 2.75) is 45.4 Å². The van der Waals surface area contributed by atoms with Gasteiger partial charge in [0.15, 0.2) is 0 Å². The molecule has 0 aliphatic carbocycles. The molecule has 2 fully saturated rings. The summed E-state index contributed by atoms with van der Waals surface area (Å²) < 4.78 is 5.97. The van der Waals surface area contributed by atoms with Gasteiger partial charge in [-0.1, -0.05) is 13.8 Å². The molecule has 2 aliphatic rings. The largest absolute Gasteiger partial charge is 0.375 e. The quantitative estimate of drug-likeness (QED) is 0.879. The van der Waals surface area contributed by atoms with Gasteiger partial charge < -0.3 is 15.0 Å². The van der Waals surface area contributed by atoms with Crippen LogP contribution in [0.4, 0.5) is 5.95 Å². The first-order valence-corrected chi connectivity index (χ1v) is 9.02. The van der Waals surface area contributed by atoms with Crippen LogP contribution in [0.15, 0.2) is 6.20 Å². The molecule has 0 radical (unpaired) electrons. The summed E-state index contributed by atoms with van der Waals surface area (Å²) >= 11 is 0. The number of hydrogen-bond donors (Lipinski definition) is 1. The van der Waals surface area contributed by atoms with Gasteiger partial charge in [-0.2, -0.15) is 0 Å². The van der Waals surface area contributed by atoms with Gasteiger partial charge in [0.2, 0.25) is 5.95 Å². The Kier molecular flexibility index (Phi) is 5.24. The third-order valence-electron chi connectivity index (χ3n) is 5.14. The van der Waals surface area contributed by atoms with E-state index in [4.69, 9.17) is 4.74 Å². The average Bonchev–Trinajstić information content (AvgIpc) is 2.95. The fourth-order valence-corrected chi connectivity index (χ4v) is 3.56. The highest BCUT2D eigenvalue weighted by Crippen LogP contribution is 2.26. The first-order chi connectivity index (χ1) is 11.8. The molecule has 138 valence electrons. The molecule has 1 aromatic heterocycles. The van der Waals surface area contributed by atoms with Crippen LogP contribution in [0, 0.1) is 12.8 Å². The third-order valence-corrected chi connectivity index (χ3v) is 5.14. The van der Waals surface area contributed by atoms with Crippen LogP contribution in [-0.2, 0) is 4.74 Å². The van der Waals surface area contributed by atoms with Crippen molar-refractivity contribution < 1.29 is 9.53 Å². The molecule has 0 bridgehead atoms. The van der Waals surface area contributed by atoms with E-state index < -0.39 is 0 Å². The molecular weight excluding hydrogens is 318 g/mol. The number of ether oxygens (including phenoxy) is 1. The van der Waals surface area contributed by atoms with Crippen molar-refractivity contribution >= 4 is 11.9 Å². The van der Waals surface area contributed by atoms with E-state index >= 15 is 0 Å². The summed E-state index contributed by atoms with van der Waals surface area (Å²) in [7, 11) is 3.77. The number of carbonyl (C=O) groups is 1. The maximum absolute atomic E-state index is 12.6. The zero-order valence-electron chi connectivity index (χ0n) is 15.8. The van der Waals surface area contributed by atoms with Gasteiger partial charge in [0.25, 0.3) is 5.91 Å². The van der Waals surface area contributed by atoms with Crippen LogP contribution in [0.1, 0.15) is 36.3 Å². The highest BCUT2D eigenvalue weighted by atomic mass is 16.5. The average molecular weight is 347 g/mol. The molecule has 7 heteroatoms. The fourth-order valence-electron chi connectivity index (χ4n) is 3.56. The Bertz CT molecular complexity index is 634. The lowest BCUT2D eigenvalue weighted by molar-refractivity contribution is -0.0683. The Balaban J connectivity index is 1.61. The summed E-state index contributed by atoms with van der Waals surface area (Å²) in [4.78, 5) is 25.6. The number of carbonyl (C=O) groups excluding carboxylic acids is 1. The van der Waals surface area contributed by atoms with Gasteiger partial charge in [-0.25, -0.2) is 9.97 Å². The molecule has 0 spiro atoms. The minimum atomic E-state index is -0.0889. The van der Waals surface area contributed by atoms with Gasteiger partial charge in [0.05, 0.1) is 24.0 Å². The van der Waals surface area contributed by atoms with E-state index in [9.17, 15) is 4.79 Å². The number of aryl methyl sites for hydroxylation is 1. The second kappa shape index (κ2) is 7.25. The highest BCUT2D eigenvalue weighted by molar-refractivity contribution is 5.95. The van der Waals surface area contributed by atoms with E-state index in [0.29, 0.717) is 35.3 Å². The second-order valence-corrected chi connectivity index (χ2v) is 7.69. The summed E-state index contributed by atoms with van der Waals surface area (Å²) in [6.45, 7) is 8.84. The van der Waals surface area contributed by atoms with E-state index in [2.05, 4.69) is 34.0 Å². The van der Waals surface area contributed by atoms with Crippen molar-refractivity contribution in [2.75, 3.05) is 38.7 Å². The predicted molar refractivity (Wildman–Crippen MR) is 96.9 cm³/mol. The third kappa shape index (κ3) is 3.93. The molecule has 0 saturated carbocycles. The van der Waals surface area contributed by atoms with Crippen LogP contribution in [0.3, 0.4) is 0 Å². The van der Waals surface area contributed by atoms with Crippen molar-refractivity contribution in [1.29, 1.82) is 0 Å². The Labute approximate surface area is 149 Å². The highest BCUT2D eigenvalue weighted by Gasteiger charge is 2.38. The van der Waals surface area contributed by atoms with E-state index in [-0.39, 0.29) is 11.9 Å². The summed E-state index contributed by atoms with van der Waals surface area (Å²) in [6.07, 6.45) is 2.85. The lowest BCUT2D eigenvalue weighted by Gasteiger charge is -2.36. The molecule has 3 heterocycles. The zero-order chi connectivity index (χ0) is 18.1. The summed E-state index contributed by atoms with van der Waals surface area (Å²) in [5.74, 6) is 1.04. The SMILES string of the molecule is Cc1nc(N(C)C)ncc1C(=O)N[C@H]1C[C@H]2CO[C@H](C(C)C)CN2C1. The van der Waals surface area contributed by atoms with Crippen LogP contribution in [-0.4, -0.2) is 72.8 Å². The van der Waals surface area contributed by atoms with Crippen molar-refractivity contribution in [3.63, 3.8) is 0 Å². The maximum Gasteiger partial charge on any atom is 0.254 e. The molecule has 7 nitrogen and oxygen atoms in total. The number of aromatic nitrogens is 2. The first-order valence-electron chi connectivity index (χ1n) is 9.02. The van der Waals surface area contributed by atoms with Crippen molar-refractivity contribution in [2.24, 2.45) is 5.92 Å².